The summed E-state index contributed by atoms with van der Waals surface area (Å²) >= 11 is 3.49. The second kappa shape index (κ2) is 4.71. The van der Waals surface area contributed by atoms with Gasteiger partial charge in [0.25, 0.3) is 0 Å². The zero-order chi connectivity index (χ0) is 11.5. The average molecular weight is 277 g/mol. The summed E-state index contributed by atoms with van der Waals surface area (Å²) in [7, 11) is 0. The first kappa shape index (κ1) is 11.2. The Hall–Kier alpha value is -1.28. The van der Waals surface area contributed by atoms with Gasteiger partial charge in [-0.15, -0.1) is 0 Å². The molecule has 0 amide bonds. The zero-order valence-corrected chi connectivity index (χ0v) is 10.9. The van der Waals surface area contributed by atoms with Gasteiger partial charge in [-0.2, -0.15) is 0 Å². The summed E-state index contributed by atoms with van der Waals surface area (Å²) < 4.78 is 6.75. The fourth-order valence-electron chi connectivity index (χ4n) is 1.42. The highest BCUT2D eigenvalue weighted by Crippen LogP contribution is 2.30. The lowest BCUT2D eigenvalue weighted by molar-refractivity contribution is 0.479. The van der Waals surface area contributed by atoms with Crippen LogP contribution in [0, 0.1) is 13.8 Å². The molecule has 0 heterocycles. The van der Waals surface area contributed by atoms with Crippen molar-refractivity contribution in [3.05, 3.63) is 58.1 Å². The Morgan fingerprint density at radius 1 is 0.875 bits per heavy atom. The molecule has 0 radical (unpaired) electrons. The van der Waals surface area contributed by atoms with Crippen LogP contribution in [0.4, 0.5) is 0 Å². The van der Waals surface area contributed by atoms with E-state index in [-0.39, 0.29) is 0 Å². The topological polar surface area (TPSA) is 9.23 Å². The van der Waals surface area contributed by atoms with E-state index in [4.69, 9.17) is 4.74 Å². The summed E-state index contributed by atoms with van der Waals surface area (Å²) in [6.07, 6.45) is 0. The molecule has 2 rings (SSSR count). The normalized spacial score (nSPS) is 10.2. The molecule has 0 atom stereocenters. The minimum Gasteiger partial charge on any atom is -0.456 e. The van der Waals surface area contributed by atoms with Crippen molar-refractivity contribution in [2.45, 2.75) is 13.8 Å². The van der Waals surface area contributed by atoms with Crippen LogP contribution >= 0.6 is 15.9 Å². The summed E-state index contributed by atoms with van der Waals surface area (Å²) in [6.45, 7) is 4.12. The summed E-state index contributed by atoms with van der Waals surface area (Å²) in [4.78, 5) is 0. The zero-order valence-electron chi connectivity index (χ0n) is 9.33. The molecular weight excluding hydrogens is 264 g/mol. The average Bonchev–Trinajstić information content (AvgIpc) is 2.25. The summed E-state index contributed by atoms with van der Waals surface area (Å²) in [5.74, 6) is 1.70. The van der Waals surface area contributed by atoms with E-state index in [1.807, 2.05) is 42.5 Å². The van der Waals surface area contributed by atoms with E-state index in [0.717, 1.165) is 16.0 Å². The predicted molar refractivity (Wildman–Crippen MR) is 70.1 cm³/mol. The molecule has 0 N–H and O–H groups in total. The molecule has 2 aromatic carbocycles. The second-order valence-electron chi connectivity index (χ2n) is 3.85. The Balaban J connectivity index is 2.23. The molecule has 0 saturated carbocycles. The predicted octanol–water partition coefficient (Wildman–Crippen LogP) is 4.86. The van der Waals surface area contributed by atoms with Crippen molar-refractivity contribution in [3.8, 4) is 11.5 Å². The highest BCUT2D eigenvalue weighted by molar-refractivity contribution is 9.10. The van der Waals surface area contributed by atoms with Gasteiger partial charge in [0.05, 0.1) is 4.47 Å². The molecule has 16 heavy (non-hydrogen) atoms. The van der Waals surface area contributed by atoms with Gasteiger partial charge in [-0.25, -0.2) is 0 Å². The number of halogens is 1. The molecule has 0 aliphatic heterocycles. The van der Waals surface area contributed by atoms with Crippen molar-refractivity contribution >= 4 is 15.9 Å². The molecule has 0 aliphatic carbocycles. The van der Waals surface area contributed by atoms with Crippen molar-refractivity contribution in [2.24, 2.45) is 0 Å². The standard InChI is InChI=1S/C14H13BrO/c1-10-3-6-12(7-4-10)16-14-8-5-11(2)9-13(14)15/h3-9H,1-2H3. The quantitative estimate of drug-likeness (QED) is 0.761. The van der Waals surface area contributed by atoms with E-state index in [9.17, 15) is 0 Å². The van der Waals surface area contributed by atoms with Crippen molar-refractivity contribution in [1.82, 2.24) is 0 Å². The Bertz CT molecular complexity index is 489. The van der Waals surface area contributed by atoms with Gasteiger partial charge >= 0.3 is 0 Å². The molecule has 0 spiro atoms. The summed E-state index contributed by atoms with van der Waals surface area (Å²) in [6, 6.07) is 14.1. The number of rotatable bonds is 2. The fourth-order valence-corrected chi connectivity index (χ4v) is 2.00. The van der Waals surface area contributed by atoms with Gasteiger partial charge < -0.3 is 4.74 Å². The van der Waals surface area contributed by atoms with Crippen molar-refractivity contribution in [3.63, 3.8) is 0 Å². The van der Waals surface area contributed by atoms with E-state index in [1.165, 1.54) is 11.1 Å². The van der Waals surface area contributed by atoms with Gasteiger partial charge in [-0.05, 0) is 59.6 Å². The first-order valence-corrected chi connectivity index (χ1v) is 5.95. The Labute approximate surface area is 104 Å². The van der Waals surface area contributed by atoms with Gasteiger partial charge in [0.15, 0.2) is 0 Å². The molecule has 0 saturated heterocycles. The summed E-state index contributed by atoms with van der Waals surface area (Å²) in [5, 5.41) is 0. The van der Waals surface area contributed by atoms with Crippen LogP contribution < -0.4 is 4.74 Å². The van der Waals surface area contributed by atoms with Gasteiger partial charge in [0, 0.05) is 0 Å². The molecule has 0 bridgehead atoms. The highest BCUT2D eigenvalue weighted by Gasteiger charge is 2.02. The maximum atomic E-state index is 5.77. The van der Waals surface area contributed by atoms with Gasteiger partial charge in [-0.1, -0.05) is 23.8 Å². The van der Waals surface area contributed by atoms with Crippen molar-refractivity contribution in [2.75, 3.05) is 0 Å². The lowest BCUT2D eigenvalue weighted by atomic mass is 10.2. The smallest absolute Gasteiger partial charge is 0.141 e. The van der Waals surface area contributed by atoms with E-state index < -0.39 is 0 Å². The highest BCUT2D eigenvalue weighted by atomic mass is 79.9. The molecule has 0 aromatic heterocycles. The Morgan fingerprint density at radius 2 is 1.50 bits per heavy atom. The third-order valence-corrected chi connectivity index (χ3v) is 2.96. The van der Waals surface area contributed by atoms with Crippen molar-refractivity contribution < 1.29 is 4.74 Å². The molecule has 2 aromatic rings. The number of hydrogen-bond donors (Lipinski definition) is 0. The molecule has 2 heteroatoms. The molecule has 0 unspecified atom stereocenters. The Kier molecular flexibility index (Phi) is 3.30. The minimum atomic E-state index is 0.842. The summed E-state index contributed by atoms with van der Waals surface area (Å²) in [5.41, 5.74) is 2.44. The molecule has 0 aliphatic rings. The fraction of sp³-hybridized carbons (Fsp3) is 0.143. The maximum Gasteiger partial charge on any atom is 0.141 e. The van der Waals surface area contributed by atoms with Crippen LogP contribution in [-0.2, 0) is 0 Å². The van der Waals surface area contributed by atoms with Crippen LogP contribution in [0.3, 0.4) is 0 Å². The Morgan fingerprint density at radius 3 is 2.12 bits per heavy atom. The van der Waals surface area contributed by atoms with Crippen LogP contribution in [0.5, 0.6) is 11.5 Å². The van der Waals surface area contributed by atoms with Gasteiger partial charge in [-0.3, -0.25) is 0 Å². The van der Waals surface area contributed by atoms with Crippen LogP contribution in [-0.4, -0.2) is 0 Å². The van der Waals surface area contributed by atoms with Gasteiger partial charge in [0.1, 0.15) is 11.5 Å². The van der Waals surface area contributed by atoms with Crippen LogP contribution in [0.2, 0.25) is 0 Å². The second-order valence-corrected chi connectivity index (χ2v) is 4.70. The van der Waals surface area contributed by atoms with E-state index in [1.54, 1.807) is 0 Å². The van der Waals surface area contributed by atoms with Crippen LogP contribution in [0.25, 0.3) is 0 Å². The number of ether oxygens (including phenoxy) is 1. The minimum absolute atomic E-state index is 0.842. The van der Waals surface area contributed by atoms with E-state index >= 15 is 0 Å². The van der Waals surface area contributed by atoms with E-state index in [2.05, 4.69) is 29.8 Å². The molecule has 82 valence electrons. The van der Waals surface area contributed by atoms with Crippen LogP contribution in [0.15, 0.2) is 46.9 Å². The first-order chi connectivity index (χ1) is 7.65. The number of hydrogen-bond acceptors (Lipinski definition) is 1. The van der Waals surface area contributed by atoms with Crippen LogP contribution in [0.1, 0.15) is 11.1 Å². The largest absolute Gasteiger partial charge is 0.456 e. The monoisotopic (exact) mass is 276 g/mol. The molecule has 1 nitrogen and oxygen atoms in total. The lowest BCUT2D eigenvalue weighted by Gasteiger charge is -2.08. The first-order valence-electron chi connectivity index (χ1n) is 5.16. The van der Waals surface area contributed by atoms with Crippen molar-refractivity contribution in [1.29, 1.82) is 0 Å². The molecule has 0 fully saturated rings. The van der Waals surface area contributed by atoms with Gasteiger partial charge in [0.2, 0.25) is 0 Å². The number of benzene rings is 2. The lowest BCUT2D eigenvalue weighted by Crippen LogP contribution is -1.86. The number of aryl methyl sites for hydroxylation is 2. The maximum absolute atomic E-state index is 5.77. The third-order valence-electron chi connectivity index (χ3n) is 2.34. The third kappa shape index (κ3) is 2.64. The van der Waals surface area contributed by atoms with E-state index in [0.29, 0.717) is 0 Å². The SMILES string of the molecule is Cc1ccc(Oc2ccc(C)cc2Br)cc1. The molecular formula is C14H13BrO.